The number of fused-ring (bicyclic) bond motifs is 1. The topological polar surface area (TPSA) is 118 Å². The van der Waals surface area contributed by atoms with Crippen LogP contribution in [-0.4, -0.2) is 55.7 Å². The first kappa shape index (κ1) is 19.8. The van der Waals surface area contributed by atoms with Crippen LogP contribution >= 0.6 is 0 Å². The predicted molar refractivity (Wildman–Crippen MR) is 112 cm³/mol. The number of nitrogens with zero attached hydrogens (tertiary/aromatic N) is 5. The molecule has 0 saturated heterocycles. The minimum absolute atomic E-state index is 0.0806. The zero-order valence-electron chi connectivity index (χ0n) is 17.0. The van der Waals surface area contributed by atoms with E-state index in [1.54, 1.807) is 32.8 Å². The summed E-state index contributed by atoms with van der Waals surface area (Å²) in [6, 6.07) is 3.30. The van der Waals surface area contributed by atoms with Crippen molar-refractivity contribution in [1.29, 1.82) is 0 Å². The second-order valence-electron chi connectivity index (χ2n) is 7.64. The number of aromatic nitrogens is 5. The molecule has 30 heavy (non-hydrogen) atoms. The summed E-state index contributed by atoms with van der Waals surface area (Å²) in [6.07, 6.45) is 5.15. The number of imidazole rings is 1. The molecule has 3 heterocycles. The van der Waals surface area contributed by atoms with Crippen molar-refractivity contribution in [1.82, 2.24) is 29.8 Å². The SMILES string of the molecule is CNC(=O)C1(C)C[C@@H](O)[C@H](n2cnc3c(NC)nc(C#Cc4ccncc4)nc32)C1. The molecule has 1 aliphatic carbocycles. The molecule has 1 aliphatic rings. The van der Waals surface area contributed by atoms with Crippen LogP contribution in [0.3, 0.4) is 0 Å². The zero-order chi connectivity index (χ0) is 21.3. The third kappa shape index (κ3) is 3.46. The lowest BCUT2D eigenvalue weighted by Gasteiger charge is -2.21. The highest BCUT2D eigenvalue weighted by Crippen LogP contribution is 2.45. The highest BCUT2D eigenvalue weighted by molar-refractivity contribution is 5.84. The number of rotatable bonds is 3. The van der Waals surface area contributed by atoms with Gasteiger partial charge in [0, 0.05) is 32.1 Å². The third-order valence-corrected chi connectivity index (χ3v) is 5.55. The predicted octanol–water partition coefficient (Wildman–Crippen LogP) is 1.11. The minimum Gasteiger partial charge on any atom is -0.391 e. The van der Waals surface area contributed by atoms with E-state index in [1.165, 1.54) is 0 Å². The molecule has 1 fully saturated rings. The van der Waals surface area contributed by atoms with Gasteiger partial charge in [0.2, 0.25) is 11.7 Å². The second-order valence-corrected chi connectivity index (χ2v) is 7.64. The quantitative estimate of drug-likeness (QED) is 0.559. The zero-order valence-corrected chi connectivity index (χ0v) is 17.0. The van der Waals surface area contributed by atoms with Crippen LogP contribution in [0.2, 0.25) is 0 Å². The van der Waals surface area contributed by atoms with Crippen molar-refractivity contribution in [2.45, 2.75) is 31.9 Å². The van der Waals surface area contributed by atoms with E-state index >= 15 is 0 Å². The van der Waals surface area contributed by atoms with Crippen LogP contribution < -0.4 is 10.6 Å². The Labute approximate surface area is 174 Å². The molecule has 4 rings (SSSR count). The maximum absolute atomic E-state index is 12.3. The first-order valence-electron chi connectivity index (χ1n) is 9.70. The van der Waals surface area contributed by atoms with Crippen LogP contribution in [0.4, 0.5) is 5.82 Å². The van der Waals surface area contributed by atoms with Gasteiger partial charge < -0.3 is 20.3 Å². The number of hydrogen-bond acceptors (Lipinski definition) is 7. The van der Waals surface area contributed by atoms with Gasteiger partial charge in [-0.15, -0.1) is 0 Å². The fourth-order valence-electron chi connectivity index (χ4n) is 4.00. The monoisotopic (exact) mass is 405 g/mol. The van der Waals surface area contributed by atoms with Gasteiger partial charge in [0.15, 0.2) is 17.0 Å². The molecule has 3 atom stereocenters. The summed E-state index contributed by atoms with van der Waals surface area (Å²) in [5.41, 5.74) is 1.31. The fraction of sp³-hybridized carbons (Fsp3) is 0.381. The summed E-state index contributed by atoms with van der Waals surface area (Å²) in [5, 5.41) is 16.5. The largest absolute Gasteiger partial charge is 0.391 e. The maximum Gasteiger partial charge on any atom is 0.225 e. The first-order valence-corrected chi connectivity index (χ1v) is 9.70. The molecule has 3 N–H and O–H groups in total. The molecule has 0 spiro atoms. The molecule has 3 aromatic rings. The highest BCUT2D eigenvalue weighted by atomic mass is 16.3. The van der Waals surface area contributed by atoms with Crippen LogP contribution in [0.25, 0.3) is 11.2 Å². The second kappa shape index (κ2) is 7.72. The Balaban J connectivity index is 1.75. The van der Waals surface area contributed by atoms with Crippen molar-refractivity contribution in [3.05, 3.63) is 42.2 Å². The van der Waals surface area contributed by atoms with Gasteiger partial charge in [-0.2, -0.15) is 0 Å². The summed E-state index contributed by atoms with van der Waals surface area (Å²) < 4.78 is 1.83. The van der Waals surface area contributed by atoms with Crippen LogP contribution in [0.5, 0.6) is 0 Å². The van der Waals surface area contributed by atoms with Gasteiger partial charge in [-0.25, -0.2) is 15.0 Å². The van der Waals surface area contributed by atoms with Crippen molar-refractivity contribution in [3.63, 3.8) is 0 Å². The van der Waals surface area contributed by atoms with Crippen molar-refractivity contribution < 1.29 is 9.90 Å². The highest BCUT2D eigenvalue weighted by Gasteiger charge is 2.47. The normalized spacial score (nSPS) is 23.1. The number of carbonyl (C=O) groups excluding carboxylic acids is 1. The number of hydrogen-bond donors (Lipinski definition) is 3. The van der Waals surface area contributed by atoms with Gasteiger partial charge >= 0.3 is 0 Å². The molecule has 0 radical (unpaired) electrons. The number of carbonyl (C=O) groups is 1. The number of pyridine rings is 1. The average molecular weight is 405 g/mol. The lowest BCUT2D eigenvalue weighted by molar-refractivity contribution is -0.129. The van der Waals surface area contributed by atoms with Crippen molar-refractivity contribution in [2.24, 2.45) is 5.41 Å². The first-order chi connectivity index (χ1) is 14.4. The molecule has 0 bridgehead atoms. The van der Waals surface area contributed by atoms with Crippen LogP contribution in [0.1, 0.15) is 37.2 Å². The Bertz CT molecular complexity index is 1150. The summed E-state index contributed by atoms with van der Waals surface area (Å²) >= 11 is 0. The Hall–Kier alpha value is -3.51. The summed E-state index contributed by atoms with van der Waals surface area (Å²) in [6.45, 7) is 1.87. The van der Waals surface area contributed by atoms with Crippen LogP contribution in [-0.2, 0) is 4.79 Å². The molecular weight excluding hydrogens is 382 g/mol. The van der Waals surface area contributed by atoms with Gasteiger partial charge in [-0.05, 0) is 30.9 Å². The lowest BCUT2D eigenvalue weighted by atomic mass is 9.87. The molecule has 3 aromatic heterocycles. The molecule has 154 valence electrons. The maximum atomic E-state index is 12.3. The molecule has 9 heteroatoms. The van der Waals surface area contributed by atoms with Crippen LogP contribution in [0.15, 0.2) is 30.9 Å². The van der Waals surface area contributed by atoms with Gasteiger partial charge in [0.05, 0.1) is 23.9 Å². The molecule has 1 amide bonds. The Morgan fingerprint density at radius 1 is 1.23 bits per heavy atom. The van der Waals surface area contributed by atoms with E-state index in [9.17, 15) is 9.90 Å². The number of aliphatic hydroxyl groups excluding tert-OH is 1. The minimum atomic E-state index is -0.691. The van der Waals surface area contributed by atoms with Crippen molar-refractivity contribution in [3.8, 4) is 11.8 Å². The number of amides is 1. The molecule has 0 aliphatic heterocycles. The number of aliphatic hydroxyl groups is 1. The molecule has 1 saturated carbocycles. The number of nitrogens with one attached hydrogen (secondary N) is 2. The smallest absolute Gasteiger partial charge is 0.225 e. The summed E-state index contributed by atoms with van der Waals surface area (Å²) in [4.78, 5) is 29.8. The third-order valence-electron chi connectivity index (χ3n) is 5.55. The van der Waals surface area contributed by atoms with Gasteiger partial charge in [0.1, 0.15) is 0 Å². The fourth-order valence-corrected chi connectivity index (χ4v) is 4.00. The standard InChI is InChI=1S/C21H23N7O2/c1-21(20(30)23-3)10-14(15(29)11-21)28-12-25-17-18(22-2)26-16(27-19(17)28)5-4-13-6-8-24-9-7-13/h6-9,12,14-15,29H,10-11H2,1-3H3,(H,23,30)(H,22,26,27)/t14-,15-,21?/m1/s1. The van der Waals surface area contributed by atoms with Gasteiger partial charge in [-0.1, -0.05) is 12.8 Å². The van der Waals surface area contributed by atoms with Gasteiger partial charge in [0.25, 0.3) is 0 Å². The van der Waals surface area contributed by atoms with Crippen molar-refractivity contribution >= 4 is 22.9 Å². The van der Waals surface area contributed by atoms with E-state index in [-0.39, 0.29) is 11.9 Å². The van der Waals surface area contributed by atoms with E-state index in [0.29, 0.717) is 35.6 Å². The van der Waals surface area contributed by atoms with E-state index in [4.69, 9.17) is 0 Å². The Morgan fingerprint density at radius 2 is 2.00 bits per heavy atom. The summed E-state index contributed by atoms with van der Waals surface area (Å²) in [5.74, 6) is 6.82. The Morgan fingerprint density at radius 3 is 2.70 bits per heavy atom. The van der Waals surface area contributed by atoms with Crippen molar-refractivity contribution in [2.75, 3.05) is 19.4 Å². The van der Waals surface area contributed by atoms with Gasteiger partial charge in [-0.3, -0.25) is 9.78 Å². The lowest BCUT2D eigenvalue weighted by Crippen LogP contribution is -2.35. The molecular formula is C21H23N7O2. The van der Waals surface area contributed by atoms with E-state index in [2.05, 4.69) is 42.4 Å². The summed E-state index contributed by atoms with van der Waals surface area (Å²) in [7, 11) is 3.37. The van der Waals surface area contributed by atoms with E-state index in [0.717, 1.165) is 5.56 Å². The molecule has 9 nitrogen and oxygen atoms in total. The average Bonchev–Trinajstić information content (AvgIpc) is 3.32. The van der Waals surface area contributed by atoms with Crippen LogP contribution in [0, 0.1) is 17.3 Å². The molecule has 0 aromatic carbocycles. The number of anilines is 1. The van der Waals surface area contributed by atoms with E-state index < -0.39 is 11.5 Å². The Kier molecular flexibility index (Phi) is 5.10. The van der Waals surface area contributed by atoms with E-state index in [1.807, 2.05) is 23.6 Å². The molecule has 1 unspecified atom stereocenters.